The Balaban J connectivity index is 1.90. The van der Waals surface area contributed by atoms with Gasteiger partial charge in [0.15, 0.2) is 0 Å². The van der Waals surface area contributed by atoms with Crippen molar-refractivity contribution in [2.75, 3.05) is 24.0 Å². The molecule has 156 valence electrons. The van der Waals surface area contributed by atoms with Crippen molar-refractivity contribution < 1.29 is 17.9 Å². The molecule has 3 rings (SSSR count). The molecule has 0 aromatic heterocycles. The van der Waals surface area contributed by atoms with E-state index in [1.165, 1.54) is 4.31 Å². The Morgan fingerprint density at radius 1 is 1.14 bits per heavy atom. The van der Waals surface area contributed by atoms with Crippen molar-refractivity contribution in [2.45, 2.75) is 44.6 Å². The fourth-order valence-electron chi connectivity index (χ4n) is 3.36. The van der Waals surface area contributed by atoms with Crippen LogP contribution in [0.5, 0.6) is 0 Å². The average molecular weight is 417 g/mol. The summed E-state index contributed by atoms with van der Waals surface area (Å²) in [6.07, 6.45) is 1.89. The van der Waals surface area contributed by atoms with Gasteiger partial charge in [-0.25, -0.2) is 8.42 Å². The molecule has 1 saturated heterocycles. The van der Waals surface area contributed by atoms with Crippen molar-refractivity contribution in [2.24, 2.45) is 0 Å². The van der Waals surface area contributed by atoms with Crippen LogP contribution in [-0.2, 0) is 19.6 Å². The highest BCUT2D eigenvalue weighted by atomic mass is 32.2. The van der Waals surface area contributed by atoms with Gasteiger partial charge >= 0.3 is 0 Å². The Labute approximate surface area is 172 Å². The second-order valence-corrected chi connectivity index (χ2v) is 9.35. The zero-order valence-corrected chi connectivity index (χ0v) is 18.0. The smallest absolute Gasteiger partial charge is 0.264 e. The van der Waals surface area contributed by atoms with Gasteiger partial charge in [-0.15, -0.1) is 0 Å². The summed E-state index contributed by atoms with van der Waals surface area (Å²) in [6, 6.07) is 12.1. The second kappa shape index (κ2) is 8.97. The molecule has 0 saturated carbocycles. The van der Waals surface area contributed by atoms with Gasteiger partial charge in [0.2, 0.25) is 5.91 Å². The van der Waals surface area contributed by atoms with Gasteiger partial charge in [-0.3, -0.25) is 9.10 Å². The van der Waals surface area contributed by atoms with Gasteiger partial charge < -0.3 is 10.1 Å². The molecule has 2 aromatic rings. The number of hydrogen-bond acceptors (Lipinski definition) is 4. The van der Waals surface area contributed by atoms with E-state index in [1.54, 1.807) is 36.4 Å². The van der Waals surface area contributed by atoms with Gasteiger partial charge in [-0.2, -0.15) is 0 Å². The van der Waals surface area contributed by atoms with Crippen LogP contribution in [0.2, 0.25) is 0 Å². The third-order valence-corrected chi connectivity index (χ3v) is 7.07. The third-order valence-electron chi connectivity index (χ3n) is 5.29. The molecule has 0 radical (unpaired) electrons. The minimum atomic E-state index is -3.90. The number of carbonyl (C=O) groups is 1. The van der Waals surface area contributed by atoms with Crippen molar-refractivity contribution in [1.82, 2.24) is 5.32 Å². The Morgan fingerprint density at radius 3 is 2.52 bits per heavy atom. The summed E-state index contributed by atoms with van der Waals surface area (Å²) in [5.41, 5.74) is 3.27. The number of anilines is 1. The number of aryl methyl sites for hydroxylation is 2. The summed E-state index contributed by atoms with van der Waals surface area (Å²) in [4.78, 5) is 12.8. The highest BCUT2D eigenvalue weighted by molar-refractivity contribution is 7.92. The lowest BCUT2D eigenvalue weighted by Crippen LogP contribution is -2.43. The van der Waals surface area contributed by atoms with Crippen molar-refractivity contribution in [1.29, 1.82) is 0 Å². The SMILES string of the molecule is Cc1ccc(S(=O)(=O)N(CC(=O)NCC2CCCO2)c2cccc(C)c2C)cc1. The molecule has 0 spiro atoms. The molecule has 7 heteroatoms. The van der Waals surface area contributed by atoms with Crippen LogP contribution in [0.25, 0.3) is 0 Å². The maximum Gasteiger partial charge on any atom is 0.264 e. The van der Waals surface area contributed by atoms with Crippen LogP contribution in [-0.4, -0.2) is 40.1 Å². The van der Waals surface area contributed by atoms with E-state index in [2.05, 4.69) is 5.32 Å². The molecule has 1 amide bonds. The van der Waals surface area contributed by atoms with E-state index >= 15 is 0 Å². The van der Waals surface area contributed by atoms with E-state index in [4.69, 9.17) is 4.74 Å². The molecular formula is C22H28N2O4S. The minimum Gasteiger partial charge on any atom is -0.376 e. The van der Waals surface area contributed by atoms with Crippen LogP contribution in [0.1, 0.15) is 29.5 Å². The summed E-state index contributed by atoms with van der Waals surface area (Å²) in [6.45, 7) is 6.51. The van der Waals surface area contributed by atoms with Gasteiger partial charge in [0.05, 0.1) is 16.7 Å². The number of amides is 1. The van der Waals surface area contributed by atoms with Crippen molar-refractivity contribution in [3.05, 3.63) is 59.2 Å². The Morgan fingerprint density at radius 2 is 1.86 bits per heavy atom. The lowest BCUT2D eigenvalue weighted by molar-refractivity contribution is -0.120. The van der Waals surface area contributed by atoms with E-state index in [0.717, 1.165) is 29.5 Å². The van der Waals surface area contributed by atoms with Crippen molar-refractivity contribution in [3.8, 4) is 0 Å². The number of carbonyl (C=O) groups excluding carboxylic acids is 1. The van der Waals surface area contributed by atoms with Crippen LogP contribution >= 0.6 is 0 Å². The van der Waals surface area contributed by atoms with Gasteiger partial charge in [0.25, 0.3) is 10.0 Å². The Bertz CT molecular complexity index is 965. The monoisotopic (exact) mass is 416 g/mol. The summed E-state index contributed by atoms with van der Waals surface area (Å²) in [5.74, 6) is -0.350. The first-order valence-corrected chi connectivity index (χ1v) is 11.3. The molecule has 1 aliphatic rings. The molecule has 6 nitrogen and oxygen atoms in total. The molecule has 1 N–H and O–H groups in total. The predicted octanol–water partition coefficient (Wildman–Crippen LogP) is 3.10. The quantitative estimate of drug-likeness (QED) is 0.753. The predicted molar refractivity (Wildman–Crippen MR) is 114 cm³/mol. The summed E-state index contributed by atoms with van der Waals surface area (Å²) >= 11 is 0. The number of sulfonamides is 1. The molecule has 1 heterocycles. The number of nitrogens with one attached hydrogen (secondary N) is 1. The van der Waals surface area contributed by atoms with Gasteiger partial charge in [0.1, 0.15) is 6.54 Å². The van der Waals surface area contributed by atoms with Crippen LogP contribution < -0.4 is 9.62 Å². The number of benzene rings is 2. The molecule has 0 bridgehead atoms. The lowest BCUT2D eigenvalue weighted by atomic mass is 10.1. The normalized spacial score (nSPS) is 16.6. The largest absolute Gasteiger partial charge is 0.376 e. The van der Waals surface area contributed by atoms with E-state index in [9.17, 15) is 13.2 Å². The van der Waals surface area contributed by atoms with Crippen molar-refractivity contribution in [3.63, 3.8) is 0 Å². The van der Waals surface area contributed by atoms with Gasteiger partial charge in [-0.05, 0) is 62.9 Å². The summed E-state index contributed by atoms with van der Waals surface area (Å²) in [5, 5.41) is 2.82. The first-order chi connectivity index (χ1) is 13.8. The fourth-order valence-corrected chi connectivity index (χ4v) is 4.84. The minimum absolute atomic E-state index is 0.00168. The highest BCUT2D eigenvalue weighted by Crippen LogP contribution is 2.28. The van der Waals surface area contributed by atoms with Crippen LogP contribution in [0.15, 0.2) is 47.4 Å². The number of rotatable bonds is 7. The maximum atomic E-state index is 13.4. The average Bonchev–Trinajstić information content (AvgIpc) is 3.21. The van der Waals surface area contributed by atoms with Gasteiger partial charge in [-0.1, -0.05) is 29.8 Å². The standard InChI is InChI=1S/C22H28N2O4S/c1-16-9-11-20(12-10-16)29(26,27)24(21-8-4-6-17(2)18(21)3)15-22(25)23-14-19-7-5-13-28-19/h4,6,8-12,19H,5,7,13-15H2,1-3H3,(H,23,25). The summed E-state index contributed by atoms with van der Waals surface area (Å²) < 4.78 is 33.6. The van der Waals surface area contributed by atoms with Crippen LogP contribution in [0, 0.1) is 20.8 Å². The van der Waals surface area contributed by atoms with E-state index in [1.807, 2.05) is 26.8 Å². The molecule has 1 atom stereocenters. The molecule has 1 aliphatic heterocycles. The molecular weight excluding hydrogens is 388 g/mol. The zero-order valence-electron chi connectivity index (χ0n) is 17.1. The van der Waals surface area contributed by atoms with E-state index < -0.39 is 10.0 Å². The highest BCUT2D eigenvalue weighted by Gasteiger charge is 2.29. The lowest BCUT2D eigenvalue weighted by Gasteiger charge is -2.26. The van der Waals surface area contributed by atoms with Crippen LogP contribution in [0.4, 0.5) is 5.69 Å². The first-order valence-electron chi connectivity index (χ1n) is 9.83. The topological polar surface area (TPSA) is 75.7 Å². The zero-order chi connectivity index (χ0) is 21.0. The Kier molecular flexibility index (Phi) is 6.59. The van der Waals surface area contributed by atoms with E-state index in [0.29, 0.717) is 18.8 Å². The maximum absolute atomic E-state index is 13.4. The van der Waals surface area contributed by atoms with E-state index in [-0.39, 0.29) is 23.5 Å². The molecule has 2 aromatic carbocycles. The molecule has 29 heavy (non-hydrogen) atoms. The number of ether oxygens (including phenoxy) is 1. The van der Waals surface area contributed by atoms with Gasteiger partial charge in [0, 0.05) is 13.2 Å². The number of hydrogen-bond donors (Lipinski definition) is 1. The van der Waals surface area contributed by atoms with Crippen LogP contribution in [0.3, 0.4) is 0 Å². The third kappa shape index (κ3) is 4.97. The summed E-state index contributed by atoms with van der Waals surface area (Å²) in [7, 11) is -3.90. The molecule has 1 unspecified atom stereocenters. The fraction of sp³-hybridized carbons (Fsp3) is 0.409. The first kappa shape index (κ1) is 21.3. The van der Waals surface area contributed by atoms with Crippen molar-refractivity contribution >= 4 is 21.6 Å². The Hall–Kier alpha value is -2.38. The second-order valence-electron chi connectivity index (χ2n) is 7.48. The number of nitrogens with zero attached hydrogens (tertiary/aromatic N) is 1. The molecule has 1 fully saturated rings. The molecule has 0 aliphatic carbocycles.